The molecule has 20 heavy (non-hydrogen) atoms. The number of nitrogens with zero attached hydrogens (tertiary/aromatic N) is 1. The molecule has 0 bridgehead atoms. The van der Waals surface area contributed by atoms with Crippen molar-refractivity contribution in [3.8, 4) is 5.75 Å². The molecule has 0 saturated carbocycles. The molecule has 1 aromatic carbocycles. The lowest BCUT2D eigenvalue weighted by Crippen LogP contribution is -2.53. The van der Waals surface area contributed by atoms with Gasteiger partial charge in [-0.3, -0.25) is 9.59 Å². The molecular formula is C13H12F2N2O3. The molecule has 1 fully saturated rings. The maximum atomic E-state index is 13.1. The zero-order valence-electron chi connectivity index (χ0n) is 10.4. The highest BCUT2D eigenvalue weighted by Gasteiger charge is 2.35. The molecule has 1 aliphatic heterocycles. The van der Waals surface area contributed by atoms with Crippen molar-refractivity contribution < 1.29 is 23.5 Å². The van der Waals surface area contributed by atoms with Crippen LogP contribution in [0.5, 0.6) is 5.75 Å². The third kappa shape index (κ3) is 2.61. The summed E-state index contributed by atoms with van der Waals surface area (Å²) in [5.74, 6) is -4.17. The lowest BCUT2D eigenvalue weighted by molar-refractivity contribution is -0.137. The Labute approximate surface area is 113 Å². The first kappa shape index (κ1) is 14.0. The number of hydrogen-bond acceptors (Lipinski definition) is 3. The van der Waals surface area contributed by atoms with Crippen molar-refractivity contribution in [1.82, 2.24) is 4.90 Å². The molecule has 0 spiro atoms. The number of rotatable bonds is 3. The van der Waals surface area contributed by atoms with E-state index >= 15 is 0 Å². The van der Waals surface area contributed by atoms with Crippen LogP contribution in [0, 0.1) is 17.6 Å². The highest BCUT2D eigenvalue weighted by atomic mass is 19.1. The molecule has 0 atom stereocenters. The number of phenols is 1. The van der Waals surface area contributed by atoms with E-state index in [1.807, 2.05) is 0 Å². The van der Waals surface area contributed by atoms with Crippen LogP contribution in [0.1, 0.15) is 0 Å². The minimum absolute atomic E-state index is 0.204. The Morgan fingerprint density at radius 3 is 2.65 bits per heavy atom. The number of hydrogen-bond donors (Lipinski definition) is 2. The van der Waals surface area contributed by atoms with Crippen molar-refractivity contribution in [2.24, 2.45) is 5.92 Å². The van der Waals surface area contributed by atoms with Crippen molar-refractivity contribution in [2.75, 3.05) is 18.4 Å². The number of anilines is 1. The third-order valence-corrected chi connectivity index (χ3v) is 3.02. The van der Waals surface area contributed by atoms with Crippen LogP contribution in [-0.2, 0) is 9.59 Å². The zero-order chi connectivity index (χ0) is 14.9. The standard InChI is InChI=1S/C13H12F2N2O3/c1-2-11(18)17-5-7(6-17)13(20)16-10-4-8(14)3-9(15)12(10)19/h2-4,7,19H,1,5-6H2,(H,16,20). The first-order valence-electron chi connectivity index (χ1n) is 5.82. The number of carbonyl (C=O) groups is 2. The van der Waals surface area contributed by atoms with E-state index in [0.717, 1.165) is 12.1 Å². The van der Waals surface area contributed by atoms with E-state index in [4.69, 9.17) is 0 Å². The summed E-state index contributed by atoms with van der Waals surface area (Å²) in [5, 5.41) is 11.6. The topological polar surface area (TPSA) is 69.6 Å². The van der Waals surface area contributed by atoms with Gasteiger partial charge in [0.2, 0.25) is 11.8 Å². The van der Waals surface area contributed by atoms with E-state index < -0.39 is 29.2 Å². The summed E-state index contributed by atoms with van der Waals surface area (Å²) < 4.78 is 26.1. The highest BCUT2D eigenvalue weighted by molar-refractivity contribution is 5.96. The Balaban J connectivity index is 2.00. The molecule has 0 aliphatic carbocycles. The molecule has 106 valence electrons. The molecule has 1 saturated heterocycles. The summed E-state index contributed by atoms with van der Waals surface area (Å²) in [6.45, 7) is 3.73. The summed E-state index contributed by atoms with van der Waals surface area (Å²) in [7, 11) is 0. The second-order valence-electron chi connectivity index (χ2n) is 4.42. The van der Waals surface area contributed by atoms with Crippen LogP contribution in [0.25, 0.3) is 0 Å². The van der Waals surface area contributed by atoms with E-state index in [1.54, 1.807) is 0 Å². The molecule has 2 N–H and O–H groups in total. The van der Waals surface area contributed by atoms with E-state index in [9.17, 15) is 23.5 Å². The predicted octanol–water partition coefficient (Wildman–Crippen LogP) is 1.25. The summed E-state index contributed by atoms with van der Waals surface area (Å²) in [6, 6.07) is 1.33. The van der Waals surface area contributed by atoms with Crippen LogP contribution in [0.15, 0.2) is 24.8 Å². The molecule has 1 aromatic rings. The number of phenolic OH excluding ortho intramolecular Hbond substituents is 1. The molecule has 1 heterocycles. The van der Waals surface area contributed by atoms with Gasteiger partial charge in [-0.1, -0.05) is 6.58 Å². The van der Waals surface area contributed by atoms with Gasteiger partial charge in [-0.15, -0.1) is 0 Å². The highest BCUT2D eigenvalue weighted by Crippen LogP contribution is 2.28. The van der Waals surface area contributed by atoms with Gasteiger partial charge in [0.15, 0.2) is 11.6 Å². The first-order chi connectivity index (χ1) is 9.42. The maximum Gasteiger partial charge on any atom is 0.246 e. The van der Waals surface area contributed by atoms with Gasteiger partial charge in [0.05, 0.1) is 11.6 Å². The van der Waals surface area contributed by atoms with Crippen LogP contribution in [-0.4, -0.2) is 34.9 Å². The van der Waals surface area contributed by atoms with Gasteiger partial charge < -0.3 is 15.3 Å². The van der Waals surface area contributed by atoms with Crippen molar-refractivity contribution >= 4 is 17.5 Å². The van der Waals surface area contributed by atoms with Gasteiger partial charge in [-0.05, 0) is 6.08 Å². The third-order valence-electron chi connectivity index (χ3n) is 3.02. The number of benzene rings is 1. The molecular weight excluding hydrogens is 270 g/mol. The van der Waals surface area contributed by atoms with Gasteiger partial charge >= 0.3 is 0 Å². The zero-order valence-corrected chi connectivity index (χ0v) is 10.4. The maximum absolute atomic E-state index is 13.1. The van der Waals surface area contributed by atoms with Gasteiger partial charge in [0.25, 0.3) is 0 Å². The molecule has 2 rings (SSSR count). The van der Waals surface area contributed by atoms with Gasteiger partial charge in [0.1, 0.15) is 5.82 Å². The van der Waals surface area contributed by atoms with Crippen molar-refractivity contribution in [3.63, 3.8) is 0 Å². The van der Waals surface area contributed by atoms with Gasteiger partial charge in [-0.25, -0.2) is 8.78 Å². The lowest BCUT2D eigenvalue weighted by atomic mass is 9.99. The van der Waals surface area contributed by atoms with Crippen LogP contribution in [0.3, 0.4) is 0 Å². The SMILES string of the molecule is C=CC(=O)N1CC(C(=O)Nc2cc(F)cc(F)c2O)C1. The Bertz CT molecular complexity index is 583. The second kappa shape index (κ2) is 5.28. The Morgan fingerprint density at radius 1 is 1.40 bits per heavy atom. The van der Waals surface area contributed by atoms with Crippen molar-refractivity contribution in [3.05, 3.63) is 36.4 Å². The average Bonchev–Trinajstić information content (AvgIpc) is 2.33. The van der Waals surface area contributed by atoms with Crippen molar-refractivity contribution in [2.45, 2.75) is 0 Å². The minimum atomic E-state index is -1.16. The average molecular weight is 282 g/mol. The van der Waals surface area contributed by atoms with E-state index in [-0.39, 0.29) is 24.7 Å². The summed E-state index contributed by atoms with van der Waals surface area (Å²) in [4.78, 5) is 24.4. The second-order valence-corrected chi connectivity index (χ2v) is 4.42. The van der Waals surface area contributed by atoms with Gasteiger partial charge in [0, 0.05) is 25.2 Å². The molecule has 1 aliphatic rings. The normalized spacial score (nSPS) is 14.6. The minimum Gasteiger partial charge on any atom is -0.503 e. The Kier molecular flexibility index (Phi) is 3.69. The quantitative estimate of drug-likeness (QED) is 0.647. The smallest absolute Gasteiger partial charge is 0.246 e. The number of carbonyl (C=O) groups excluding carboxylic acids is 2. The van der Waals surface area contributed by atoms with E-state index in [1.165, 1.54) is 4.90 Å². The Morgan fingerprint density at radius 2 is 2.05 bits per heavy atom. The fraction of sp³-hybridized carbons (Fsp3) is 0.231. The molecule has 7 heteroatoms. The lowest BCUT2D eigenvalue weighted by Gasteiger charge is -2.37. The van der Waals surface area contributed by atoms with Crippen LogP contribution in [0.2, 0.25) is 0 Å². The van der Waals surface area contributed by atoms with Crippen molar-refractivity contribution in [1.29, 1.82) is 0 Å². The molecule has 0 aromatic heterocycles. The van der Waals surface area contributed by atoms with Gasteiger partial charge in [-0.2, -0.15) is 0 Å². The monoisotopic (exact) mass is 282 g/mol. The fourth-order valence-electron chi connectivity index (χ4n) is 1.85. The Hall–Kier alpha value is -2.44. The van der Waals surface area contributed by atoms with Crippen LogP contribution in [0.4, 0.5) is 14.5 Å². The van der Waals surface area contributed by atoms with E-state index in [0.29, 0.717) is 6.07 Å². The van der Waals surface area contributed by atoms with E-state index in [2.05, 4.69) is 11.9 Å². The summed E-state index contributed by atoms with van der Waals surface area (Å²) in [5.41, 5.74) is -0.332. The predicted molar refractivity (Wildman–Crippen MR) is 66.9 cm³/mol. The largest absolute Gasteiger partial charge is 0.503 e. The number of nitrogens with one attached hydrogen (secondary N) is 1. The van der Waals surface area contributed by atoms with Crippen LogP contribution < -0.4 is 5.32 Å². The number of halogens is 2. The molecule has 0 unspecified atom stereocenters. The first-order valence-corrected chi connectivity index (χ1v) is 5.82. The molecule has 2 amide bonds. The molecule has 5 nitrogen and oxygen atoms in total. The number of aromatic hydroxyl groups is 1. The number of likely N-dealkylation sites (tertiary alicyclic amines) is 1. The van der Waals surface area contributed by atoms with Crippen LogP contribution >= 0.6 is 0 Å². The molecule has 0 radical (unpaired) electrons. The summed E-state index contributed by atoms with van der Waals surface area (Å²) >= 11 is 0. The number of amides is 2. The summed E-state index contributed by atoms with van der Waals surface area (Å²) in [6.07, 6.45) is 1.14. The fourth-order valence-corrected chi connectivity index (χ4v) is 1.85.